The summed E-state index contributed by atoms with van der Waals surface area (Å²) in [6.45, 7) is 1.47. The molecular weight excluding hydrogens is 273 g/mol. The molecule has 0 radical (unpaired) electrons. The van der Waals surface area contributed by atoms with Crippen LogP contribution in [0, 0.1) is 5.82 Å². The van der Waals surface area contributed by atoms with Gasteiger partial charge in [0, 0.05) is 18.2 Å². The Hall–Kier alpha value is -2.69. The number of carboxylic acid groups (broad SMARTS) is 1. The normalized spacial score (nSPS) is 12.7. The molecule has 3 aromatic rings. The predicted molar refractivity (Wildman–Crippen MR) is 74.8 cm³/mol. The summed E-state index contributed by atoms with van der Waals surface area (Å²) in [6, 6.07) is 9.70. The lowest BCUT2D eigenvalue weighted by atomic mass is 9.96. The maximum Gasteiger partial charge on any atom is 0.311 e. The van der Waals surface area contributed by atoms with E-state index in [1.165, 1.54) is 13.0 Å². The van der Waals surface area contributed by atoms with Crippen LogP contribution in [0.2, 0.25) is 0 Å². The van der Waals surface area contributed by atoms with Crippen LogP contribution in [0.4, 0.5) is 4.39 Å². The van der Waals surface area contributed by atoms with Crippen molar-refractivity contribution in [3.05, 3.63) is 54.0 Å². The van der Waals surface area contributed by atoms with Gasteiger partial charge in [0.15, 0.2) is 6.20 Å². The Morgan fingerprint density at radius 3 is 2.62 bits per heavy atom. The zero-order valence-electron chi connectivity index (χ0n) is 11.2. The fourth-order valence-electron chi connectivity index (χ4n) is 2.63. The van der Waals surface area contributed by atoms with Crippen molar-refractivity contribution < 1.29 is 23.8 Å². The zero-order chi connectivity index (χ0) is 15.1. The predicted octanol–water partition coefficient (Wildman–Crippen LogP) is 2.61. The van der Waals surface area contributed by atoms with Gasteiger partial charge < -0.3 is 10.2 Å². The molecule has 0 amide bonds. The number of nitrogens with zero attached hydrogens (tertiary/aromatic N) is 1. The maximum absolute atomic E-state index is 14.1. The Morgan fingerprint density at radius 2 is 1.90 bits per heavy atom. The molecule has 1 unspecified atom stereocenters. The largest absolute Gasteiger partial charge is 0.506 e. The first-order valence-corrected chi connectivity index (χ1v) is 6.48. The van der Waals surface area contributed by atoms with Gasteiger partial charge >= 0.3 is 5.97 Å². The number of rotatable bonds is 2. The molecule has 0 saturated carbocycles. The number of carbonyl (C=O) groups is 1. The molecule has 1 atom stereocenters. The van der Waals surface area contributed by atoms with E-state index in [1.807, 2.05) is 0 Å². The van der Waals surface area contributed by atoms with Crippen molar-refractivity contribution in [2.75, 3.05) is 0 Å². The van der Waals surface area contributed by atoms with Crippen molar-refractivity contribution in [2.45, 2.75) is 12.8 Å². The lowest BCUT2D eigenvalue weighted by molar-refractivity contribution is -0.482. The van der Waals surface area contributed by atoms with Crippen LogP contribution in [-0.4, -0.2) is 16.2 Å². The molecule has 1 aromatic carbocycles. The second-order valence-electron chi connectivity index (χ2n) is 4.91. The number of aromatic nitrogens is 1. The summed E-state index contributed by atoms with van der Waals surface area (Å²) in [7, 11) is 0. The average molecular weight is 286 g/mol. The molecule has 0 aliphatic rings. The summed E-state index contributed by atoms with van der Waals surface area (Å²) in [5.41, 5.74) is 1.24. The standard InChI is InChI=1S/C16H12FNO3/c1-9(16(20)21)13-11-6-2-3-8-18(11)12-7-4-5-10(17)14(12)15(13)19/h2-9H,1H3,(H,20,21)/p+1. The van der Waals surface area contributed by atoms with E-state index < -0.39 is 17.7 Å². The van der Waals surface area contributed by atoms with E-state index in [2.05, 4.69) is 0 Å². The third-order valence-electron chi connectivity index (χ3n) is 3.68. The molecule has 0 spiro atoms. The smallest absolute Gasteiger partial charge is 0.311 e. The van der Waals surface area contributed by atoms with Gasteiger partial charge in [0.1, 0.15) is 17.0 Å². The van der Waals surface area contributed by atoms with Gasteiger partial charge in [0.2, 0.25) is 11.0 Å². The molecule has 0 aliphatic carbocycles. The second-order valence-corrected chi connectivity index (χ2v) is 4.91. The van der Waals surface area contributed by atoms with E-state index in [-0.39, 0.29) is 16.7 Å². The first-order valence-electron chi connectivity index (χ1n) is 6.48. The Morgan fingerprint density at radius 1 is 1.19 bits per heavy atom. The van der Waals surface area contributed by atoms with Crippen LogP contribution in [0.25, 0.3) is 16.4 Å². The van der Waals surface area contributed by atoms with Gasteiger partial charge in [-0.3, -0.25) is 4.79 Å². The number of halogens is 1. The first-order chi connectivity index (χ1) is 10.0. The van der Waals surface area contributed by atoms with Crippen molar-refractivity contribution in [3.63, 3.8) is 0 Å². The molecule has 21 heavy (non-hydrogen) atoms. The van der Waals surface area contributed by atoms with Gasteiger partial charge in [-0.25, -0.2) is 4.39 Å². The van der Waals surface area contributed by atoms with Gasteiger partial charge in [-0.1, -0.05) is 6.07 Å². The Balaban J connectivity index is 2.58. The molecule has 3 rings (SSSR count). The number of fused-ring (bicyclic) bond motifs is 3. The van der Waals surface area contributed by atoms with Crippen LogP contribution in [0.15, 0.2) is 42.6 Å². The number of pyridine rings is 2. The van der Waals surface area contributed by atoms with Gasteiger partial charge in [-0.15, -0.1) is 0 Å². The molecule has 2 aromatic heterocycles. The fourth-order valence-corrected chi connectivity index (χ4v) is 2.63. The Kier molecular flexibility index (Phi) is 2.97. The Labute approximate surface area is 119 Å². The molecule has 106 valence electrons. The van der Waals surface area contributed by atoms with Crippen molar-refractivity contribution in [2.24, 2.45) is 0 Å². The van der Waals surface area contributed by atoms with Crippen LogP contribution in [0.1, 0.15) is 18.4 Å². The highest BCUT2D eigenvalue weighted by atomic mass is 19.1. The third kappa shape index (κ3) is 1.89. The third-order valence-corrected chi connectivity index (χ3v) is 3.68. The number of hydrogen-bond donors (Lipinski definition) is 2. The maximum atomic E-state index is 14.1. The van der Waals surface area contributed by atoms with Gasteiger partial charge in [0.05, 0.1) is 11.5 Å². The summed E-state index contributed by atoms with van der Waals surface area (Å²) in [5.74, 6) is -2.93. The first kappa shape index (κ1) is 13.3. The number of benzene rings is 1. The van der Waals surface area contributed by atoms with E-state index in [4.69, 9.17) is 0 Å². The van der Waals surface area contributed by atoms with Crippen LogP contribution < -0.4 is 4.40 Å². The lowest BCUT2D eigenvalue weighted by Crippen LogP contribution is -2.26. The Bertz CT molecular complexity index is 876. The van der Waals surface area contributed by atoms with E-state index in [0.29, 0.717) is 11.0 Å². The van der Waals surface area contributed by atoms with Crippen LogP contribution in [0.3, 0.4) is 0 Å². The van der Waals surface area contributed by atoms with Gasteiger partial charge in [-0.05, 0) is 19.1 Å². The molecule has 2 N–H and O–H groups in total. The van der Waals surface area contributed by atoms with Crippen molar-refractivity contribution in [1.29, 1.82) is 0 Å². The van der Waals surface area contributed by atoms with Crippen LogP contribution >= 0.6 is 0 Å². The highest BCUT2D eigenvalue weighted by Crippen LogP contribution is 2.35. The summed E-state index contributed by atoms with van der Waals surface area (Å²) in [5, 5.41) is 19.7. The second kappa shape index (κ2) is 4.70. The zero-order valence-corrected chi connectivity index (χ0v) is 11.2. The monoisotopic (exact) mass is 286 g/mol. The molecule has 0 saturated heterocycles. The number of aromatic hydroxyl groups is 1. The molecule has 0 fully saturated rings. The molecule has 0 aliphatic heterocycles. The van der Waals surface area contributed by atoms with E-state index in [1.54, 1.807) is 40.9 Å². The summed E-state index contributed by atoms with van der Waals surface area (Å²) >= 11 is 0. The quantitative estimate of drug-likeness (QED) is 0.562. The molecule has 2 heterocycles. The topological polar surface area (TPSA) is 61.6 Å². The van der Waals surface area contributed by atoms with E-state index >= 15 is 0 Å². The van der Waals surface area contributed by atoms with Gasteiger partial charge in [-0.2, -0.15) is 4.40 Å². The highest BCUT2D eigenvalue weighted by molar-refractivity contribution is 5.90. The van der Waals surface area contributed by atoms with E-state index in [0.717, 1.165) is 0 Å². The van der Waals surface area contributed by atoms with Crippen molar-refractivity contribution in [3.8, 4) is 5.75 Å². The number of aliphatic carboxylic acids is 1. The number of carboxylic acids is 1. The average Bonchev–Trinajstić information content (AvgIpc) is 2.47. The number of hydrogen-bond acceptors (Lipinski definition) is 2. The molecule has 5 heteroatoms. The summed E-state index contributed by atoms with van der Waals surface area (Å²) in [6.07, 6.45) is 1.72. The lowest BCUT2D eigenvalue weighted by Gasteiger charge is -2.11. The summed E-state index contributed by atoms with van der Waals surface area (Å²) in [4.78, 5) is 11.3. The van der Waals surface area contributed by atoms with Crippen molar-refractivity contribution in [1.82, 2.24) is 0 Å². The van der Waals surface area contributed by atoms with Gasteiger partial charge in [0.25, 0.3) is 0 Å². The fraction of sp³-hybridized carbons (Fsp3) is 0.125. The minimum atomic E-state index is -1.08. The minimum Gasteiger partial charge on any atom is -0.506 e. The minimum absolute atomic E-state index is 0.0318. The van der Waals surface area contributed by atoms with E-state index in [9.17, 15) is 19.4 Å². The highest BCUT2D eigenvalue weighted by Gasteiger charge is 2.29. The van der Waals surface area contributed by atoms with Crippen LogP contribution in [0.5, 0.6) is 5.75 Å². The van der Waals surface area contributed by atoms with Crippen molar-refractivity contribution >= 4 is 22.4 Å². The molecule has 4 nitrogen and oxygen atoms in total. The van der Waals surface area contributed by atoms with Crippen LogP contribution in [-0.2, 0) is 4.79 Å². The molecule has 0 bridgehead atoms. The SMILES string of the molecule is CC(C(=O)O)c1c(O)c2c(F)cccc2[n+]2ccccc12. The molecular formula is C16H13FNO3+. The summed E-state index contributed by atoms with van der Waals surface area (Å²) < 4.78 is 15.8.